The van der Waals surface area contributed by atoms with Crippen LogP contribution in [0.4, 0.5) is 0 Å². The van der Waals surface area contributed by atoms with E-state index in [1.54, 1.807) is 24.6 Å². The lowest BCUT2D eigenvalue weighted by molar-refractivity contribution is 0.0682. The van der Waals surface area contributed by atoms with E-state index in [0.29, 0.717) is 20.9 Å². The zero-order valence-electron chi connectivity index (χ0n) is 13.4. The predicted octanol–water partition coefficient (Wildman–Crippen LogP) is 3.53. The molecule has 0 spiro atoms. The second-order valence-electron chi connectivity index (χ2n) is 5.15. The third-order valence-corrected chi connectivity index (χ3v) is 5.05. The van der Waals surface area contributed by atoms with Crippen LogP contribution < -0.4 is 0 Å². The van der Waals surface area contributed by atoms with Gasteiger partial charge in [-0.1, -0.05) is 0 Å². The predicted molar refractivity (Wildman–Crippen MR) is 96.5 cm³/mol. The fourth-order valence-electron chi connectivity index (χ4n) is 2.37. The number of phenols is 2. The lowest BCUT2D eigenvalue weighted by Gasteiger charge is -2.13. The summed E-state index contributed by atoms with van der Waals surface area (Å²) >= 11 is 2.64. The van der Waals surface area contributed by atoms with Gasteiger partial charge >= 0.3 is 11.9 Å². The van der Waals surface area contributed by atoms with Gasteiger partial charge in [0.15, 0.2) is 0 Å². The van der Waals surface area contributed by atoms with Crippen LogP contribution in [0.5, 0.6) is 11.5 Å². The Balaban J connectivity index is 2.60. The van der Waals surface area contributed by atoms with Gasteiger partial charge in [0.05, 0.1) is 0 Å². The first-order valence-electron chi connectivity index (χ1n) is 7.04. The molecule has 0 amide bonds. The van der Waals surface area contributed by atoms with Crippen molar-refractivity contribution in [3.63, 3.8) is 0 Å². The molecule has 0 fully saturated rings. The van der Waals surface area contributed by atoms with Crippen molar-refractivity contribution in [2.75, 3.05) is 12.5 Å². The molecule has 2 aromatic rings. The molecule has 6 nitrogen and oxygen atoms in total. The highest BCUT2D eigenvalue weighted by Crippen LogP contribution is 2.35. The summed E-state index contributed by atoms with van der Waals surface area (Å²) in [5.74, 6) is -3.31. The summed E-state index contributed by atoms with van der Waals surface area (Å²) in [6.45, 7) is 0. The third kappa shape index (κ3) is 4.02. The van der Waals surface area contributed by atoms with E-state index in [2.05, 4.69) is 0 Å². The van der Waals surface area contributed by atoms with Crippen LogP contribution in [0, 0.1) is 0 Å². The number of benzene rings is 2. The zero-order chi connectivity index (χ0) is 18.7. The highest BCUT2D eigenvalue weighted by atomic mass is 32.2. The summed E-state index contributed by atoms with van der Waals surface area (Å²) in [5, 5.41) is 38.9. The molecule has 0 saturated carbocycles. The van der Waals surface area contributed by atoms with Gasteiger partial charge in [-0.05, 0) is 36.8 Å². The number of carboxylic acid groups (broad SMARTS) is 2. The van der Waals surface area contributed by atoms with Crippen LogP contribution >= 0.6 is 23.5 Å². The van der Waals surface area contributed by atoms with E-state index in [1.807, 2.05) is 0 Å². The average Bonchev–Trinajstić information content (AvgIpc) is 2.57. The van der Waals surface area contributed by atoms with E-state index in [1.165, 1.54) is 35.7 Å². The molecule has 2 aromatic carbocycles. The summed E-state index contributed by atoms with van der Waals surface area (Å²) in [4.78, 5) is 23.9. The average molecular weight is 380 g/mol. The summed E-state index contributed by atoms with van der Waals surface area (Å²) in [6.07, 6.45) is 3.55. The number of thioether (sulfide) groups is 2. The van der Waals surface area contributed by atoms with Crippen molar-refractivity contribution in [2.45, 2.75) is 16.2 Å². The molecular weight excluding hydrogens is 364 g/mol. The monoisotopic (exact) mass is 380 g/mol. The number of carbonyl (C=O) groups is 2. The fourth-order valence-corrected chi connectivity index (χ4v) is 3.36. The minimum atomic E-state index is -1.26. The van der Waals surface area contributed by atoms with Crippen LogP contribution in [0.15, 0.2) is 34.1 Å². The van der Waals surface area contributed by atoms with Gasteiger partial charge in [0, 0.05) is 27.3 Å². The highest BCUT2D eigenvalue weighted by Gasteiger charge is 2.20. The smallest absolute Gasteiger partial charge is 0.339 e. The molecule has 0 aliphatic heterocycles. The molecule has 0 atom stereocenters. The number of aromatic carboxylic acids is 2. The SMILES string of the molecule is CSc1cc(Cc2cc(SC)cc(C(=O)O)c2O)c(O)c(C(=O)O)c1. The molecule has 0 aromatic heterocycles. The molecule has 0 aliphatic rings. The first kappa shape index (κ1) is 19.0. The topological polar surface area (TPSA) is 115 Å². The van der Waals surface area contributed by atoms with Crippen LogP contribution in [-0.2, 0) is 6.42 Å². The number of hydrogen-bond donors (Lipinski definition) is 4. The van der Waals surface area contributed by atoms with Gasteiger partial charge in [0.1, 0.15) is 22.6 Å². The van der Waals surface area contributed by atoms with Crippen LogP contribution in [0.2, 0.25) is 0 Å². The van der Waals surface area contributed by atoms with Crippen molar-refractivity contribution < 1.29 is 30.0 Å². The van der Waals surface area contributed by atoms with Gasteiger partial charge in [-0.15, -0.1) is 23.5 Å². The van der Waals surface area contributed by atoms with Crippen molar-refractivity contribution in [3.8, 4) is 11.5 Å². The van der Waals surface area contributed by atoms with Crippen LogP contribution in [-0.4, -0.2) is 44.9 Å². The Morgan fingerprint density at radius 3 is 1.44 bits per heavy atom. The Labute approximate surface area is 152 Å². The Morgan fingerprint density at radius 2 is 1.16 bits per heavy atom. The second kappa shape index (κ2) is 7.71. The van der Waals surface area contributed by atoms with Gasteiger partial charge in [-0.2, -0.15) is 0 Å². The lowest BCUT2D eigenvalue weighted by atomic mass is 9.98. The van der Waals surface area contributed by atoms with Crippen molar-refractivity contribution >= 4 is 35.5 Å². The quantitative estimate of drug-likeness (QED) is 0.563. The molecule has 25 heavy (non-hydrogen) atoms. The number of rotatable bonds is 6. The molecule has 0 aliphatic carbocycles. The van der Waals surface area contributed by atoms with E-state index in [-0.39, 0.29) is 17.5 Å². The number of hydrogen-bond acceptors (Lipinski definition) is 6. The third-order valence-electron chi connectivity index (χ3n) is 3.64. The van der Waals surface area contributed by atoms with Gasteiger partial charge in [-0.3, -0.25) is 0 Å². The molecule has 0 heterocycles. The summed E-state index contributed by atoms with van der Waals surface area (Å²) < 4.78 is 0. The van der Waals surface area contributed by atoms with Crippen molar-refractivity contribution in [2.24, 2.45) is 0 Å². The summed E-state index contributed by atoms with van der Waals surface area (Å²) in [5.41, 5.74) is 0.130. The van der Waals surface area contributed by atoms with Crippen molar-refractivity contribution in [1.82, 2.24) is 0 Å². The Morgan fingerprint density at radius 1 is 0.800 bits per heavy atom. The standard InChI is InChI=1S/C17H16O6S2/c1-24-10-4-8(14(18)12(6-10)16(20)21)3-9-5-11(25-2)7-13(15(9)19)17(22)23/h4-7,18-19H,3H2,1-2H3,(H,20,21)(H,22,23). The van der Waals surface area contributed by atoms with E-state index in [0.717, 1.165) is 0 Å². The second-order valence-corrected chi connectivity index (χ2v) is 6.91. The van der Waals surface area contributed by atoms with Gasteiger partial charge in [-0.25, -0.2) is 9.59 Å². The molecule has 2 rings (SSSR count). The van der Waals surface area contributed by atoms with Gasteiger partial charge in [0.2, 0.25) is 0 Å². The molecular formula is C17H16O6S2. The summed E-state index contributed by atoms with van der Waals surface area (Å²) in [6, 6.07) is 5.98. The van der Waals surface area contributed by atoms with E-state index in [9.17, 15) is 30.0 Å². The fraction of sp³-hybridized carbons (Fsp3) is 0.176. The van der Waals surface area contributed by atoms with E-state index in [4.69, 9.17) is 0 Å². The molecule has 0 bridgehead atoms. The van der Waals surface area contributed by atoms with Crippen LogP contribution in [0.1, 0.15) is 31.8 Å². The zero-order valence-corrected chi connectivity index (χ0v) is 15.1. The number of carboxylic acids is 2. The first-order valence-corrected chi connectivity index (χ1v) is 9.49. The Bertz CT molecular complexity index is 778. The maximum Gasteiger partial charge on any atom is 0.339 e. The summed E-state index contributed by atoms with van der Waals surface area (Å²) in [7, 11) is 0. The van der Waals surface area contributed by atoms with Crippen molar-refractivity contribution in [1.29, 1.82) is 0 Å². The Hall–Kier alpha value is -2.32. The van der Waals surface area contributed by atoms with Crippen LogP contribution in [0.3, 0.4) is 0 Å². The molecule has 8 heteroatoms. The van der Waals surface area contributed by atoms with Crippen molar-refractivity contribution in [3.05, 3.63) is 46.5 Å². The molecule has 4 N–H and O–H groups in total. The molecule has 0 unspecified atom stereocenters. The van der Waals surface area contributed by atoms with E-state index < -0.39 is 23.4 Å². The number of aromatic hydroxyl groups is 2. The van der Waals surface area contributed by atoms with Crippen LogP contribution in [0.25, 0.3) is 0 Å². The molecule has 132 valence electrons. The first-order chi connectivity index (χ1) is 11.8. The van der Waals surface area contributed by atoms with Gasteiger partial charge < -0.3 is 20.4 Å². The van der Waals surface area contributed by atoms with Gasteiger partial charge in [0.25, 0.3) is 0 Å². The Kier molecular flexibility index (Phi) is 5.86. The highest BCUT2D eigenvalue weighted by molar-refractivity contribution is 7.98. The molecule has 0 saturated heterocycles. The maximum atomic E-state index is 11.3. The minimum Gasteiger partial charge on any atom is -0.507 e. The molecule has 0 radical (unpaired) electrons. The largest absolute Gasteiger partial charge is 0.507 e. The normalized spacial score (nSPS) is 10.6. The van der Waals surface area contributed by atoms with E-state index >= 15 is 0 Å². The maximum absolute atomic E-state index is 11.3. The minimum absolute atomic E-state index is 0.00102. The lowest BCUT2D eigenvalue weighted by Crippen LogP contribution is -2.03.